The SMILES string of the molecule is COCC1CCN(c2ccc(C=O)c(Cl)c2)C1. The standard InChI is InChI=1S/C13H16ClNO2/c1-17-9-10-4-5-15(7-10)12-3-2-11(8-16)13(14)6-12/h2-3,6,8,10H,4-5,7,9H2,1H3. The zero-order valence-electron chi connectivity index (χ0n) is 9.86. The normalized spacial score (nSPS) is 19.6. The van der Waals surface area contributed by atoms with E-state index in [9.17, 15) is 4.79 Å². The topological polar surface area (TPSA) is 29.5 Å². The summed E-state index contributed by atoms with van der Waals surface area (Å²) in [5, 5.41) is 0.521. The maximum Gasteiger partial charge on any atom is 0.151 e. The Morgan fingerprint density at radius 2 is 2.41 bits per heavy atom. The first-order valence-electron chi connectivity index (χ1n) is 5.73. The van der Waals surface area contributed by atoms with Crippen LogP contribution >= 0.6 is 11.6 Å². The fraction of sp³-hybridized carbons (Fsp3) is 0.462. The second kappa shape index (κ2) is 5.52. The molecule has 0 aromatic heterocycles. The number of benzene rings is 1. The van der Waals surface area contributed by atoms with Crippen molar-refractivity contribution >= 4 is 23.6 Å². The average molecular weight is 254 g/mol. The summed E-state index contributed by atoms with van der Waals surface area (Å²) in [7, 11) is 1.73. The van der Waals surface area contributed by atoms with Gasteiger partial charge in [0.1, 0.15) is 0 Å². The number of aldehydes is 1. The number of methoxy groups -OCH3 is 1. The van der Waals surface area contributed by atoms with E-state index in [2.05, 4.69) is 4.90 Å². The minimum atomic E-state index is 0.521. The molecule has 1 aliphatic heterocycles. The Morgan fingerprint density at radius 1 is 1.59 bits per heavy atom. The van der Waals surface area contributed by atoms with Gasteiger partial charge >= 0.3 is 0 Å². The van der Waals surface area contributed by atoms with Gasteiger partial charge in [-0.3, -0.25) is 4.79 Å². The Labute approximate surface area is 106 Å². The van der Waals surface area contributed by atoms with Gasteiger partial charge in [0.25, 0.3) is 0 Å². The van der Waals surface area contributed by atoms with Crippen LogP contribution in [0.25, 0.3) is 0 Å². The van der Waals surface area contributed by atoms with Crippen molar-refractivity contribution in [3.63, 3.8) is 0 Å². The van der Waals surface area contributed by atoms with Crippen LogP contribution in [0.3, 0.4) is 0 Å². The van der Waals surface area contributed by atoms with Crippen molar-refractivity contribution in [3.05, 3.63) is 28.8 Å². The Hall–Kier alpha value is -1.06. The van der Waals surface area contributed by atoms with Gasteiger partial charge in [-0.05, 0) is 24.6 Å². The Balaban J connectivity index is 2.08. The summed E-state index contributed by atoms with van der Waals surface area (Å²) in [6, 6.07) is 5.58. The Kier molecular flexibility index (Phi) is 4.02. The van der Waals surface area contributed by atoms with Crippen molar-refractivity contribution in [2.45, 2.75) is 6.42 Å². The molecule has 0 amide bonds. The number of anilines is 1. The summed E-state index contributed by atoms with van der Waals surface area (Å²) >= 11 is 6.02. The van der Waals surface area contributed by atoms with Crippen LogP contribution in [0.5, 0.6) is 0 Å². The van der Waals surface area contributed by atoms with Gasteiger partial charge in [0, 0.05) is 37.4 Å². The van der Waals surface area contributed by atoms with Gasteiger partial charge in [-0.2, -0.15) is 0 Å². The summed E-state index contributed by atoms with van der Waals surface area (Å²) in [5.74, 6) is 0.588. The molecule has 0 radical (unpaired) electrons. The first kappa shape index (κ1) is 12.4. The third kappa shape index (κ3) is 2.79. The highest BCUT2D eigenvalue weighted by molar-refractivity contribution is 6.33. The third-order valence-electron chi connectivity index (χ3n) is 3.16. The molecule has 4 heteroatoms. The van der Waals surface area contributed by atoms with Gasteiger partial charge < -0.3 is 9.64 Å². The van der Waals surface area contributed by atoms with Gasteiger partial charge in [-0.1, -0.05) is 11.6 Å². The average Bonchev–Trinajstić information content (AvgIpc) is 2.78. The van der Waals surface area contributed by atoms with Crippen LogP contribution in [0.2, 0.25) is 5.02 Å². The van der Waals surface area contributed by atoms with Gasteiger partial charge in [-0.25, -0.2) is 0 Å². The van der Waals surface area contributed by atoms with Crippen molar-refractivity contribution in [3.8, 4) is 0 Å². The van der Waals surface area contributed by atoms with Crippen LogP contribution in [-0.2, 0) is 4.74 Å². The van der Waals surface area contributed by atoms with Gasteiger partial charge in [0.05, 0.1) is 11.6 Å². The molecule has 1 fully saturated rings. The van der Waals surface area contributed by atoms with Crippen LogP contribution < -0.4 is 4.90 Å². The number of hydrogen-bond acceptors (Lipinski definition) is 3. The lowest BCUT2D eigenvalue weighted by Crippen LogP contribution is -2.20. The lowest BCUT2D eigenvalue weighted by Gasteiger charge is -2.19. The van der Waals surface area contributed by atoms with E-state index in [1.807, 2.05) is 12.1 Å². The smallest absolute Gasteiger partial charge is 0.151 e. The monoisotopic (exact) mass is 253 g/mol. The number of carbonyl (C=O) groups is 1. The van der Waals surface area contributed by atoms with Gasteiger partial charge in [-0.15, -0.1) is 0 Å². The lowest BCUT2D eigenvalue weighted by atomic mass is 10.1. The number of nitrogens with zero attached hydrogens (tertiary/aromatic N) is 1. The molecule has 1 atom stereocenters. The van der Waals surface area contributed by atoms with Crippen LogP contribution in [0.4, 0.5) is 5.69 Å². The predicted molar refractivity (Wildman–Crippen MR) is 69.0 cm³/mol. The van der Waals surface area contributed by atoms with Crippen molar-refractivity contribution in [2.75, 3.05) is 31.7 Å². The van der Waals surface area contributed by atoms with E-state index in [-0.39, 0.29) is 0 Å². The Bertz CT molecular complexity index is 408. The lowest BCUT2D eigenvalue weighted by molar-refractivity contribution is 0.112. The highest BCUT2D eigenvalue weighted by Gasteiger charge is 2.22. The van der Waals surface area contributed by atoms with Crippen molar-refractivity contribution in [1.82, 2.24) is 0 Å². The highest BCUT2D eigenvalue weighted by Crippen LogP contribution is 2.27. The molecular weight excluding hydrogens is 238 g/mol. The van der Waals surface area contributed by atoms with Crippen LogP contribution in [0, 0.1) is 5.92 Å². The maximum atomic E-state index is 10.7. The molecule has 2 rings (SSSR count). The van der Waals surface area contributed by atoms with E-state index in [1.165, 1.54) is 0 Å². The van der Waals surface area contributed by atoms with Gasteiger partial charge in [0.15, 0.2) is 6.29 Å². The Morgan fingerprint density at radius 3 is 3.06 bits per heavy atom. The largest absolute Gasteiger partial charge is 0.384 e. The zero-order chi connectivity index (χ0) is 12.3. The van der Waals surface area contributed by atoms with E-state index < -0.39 is 0 Å². The summed E-state index contributed by atoms with van der Waals surface area (Å²) in [6.45, 7) is 2.81. The van der Waals surface area contributed by atoms with Crippen LogP contribution in [0.1, 0.15) is 16.8 Å². The number of halogens is 1. The molecule has 1 aromatic carbocycles. The number of ether oxygens (including phenoxy) is 1. The molecule has 1 aliphatic rings. The van der Waals surface area contributed by atoms with E-state index in [0.717, 1.165) is 38.1 Å². The zero-order valence-corrected chi connectivity index (χ0v) is 10.6. The molecule has 1 unspecified atom stereocenters. The number of rotatable bonds is 4. The molecule has 1 saturated heterocycles. The summed E-state index contributed by atoms with van der Waals surface area (Å²) in [5.41, 5.74) is 1.63. The van der Waals surface area contributed by atoms with E-state index in [1.54, 1.807) is 13.2 Å². The second-order valence-corrected chi connectivity index (χ2v) is 4.79. The highest BCUT2D eigenvalue weighted by atomic mass is 35.5. The molecule has 0 bridgehead atoms. The molecule has 0 aliphatic carbocycles. The number of hydrogen-bond donors (Lipinski definition) is 0. The van der Waals surface area contributed by atoms with Crippen molar-refractivity contribution in [2.24, 2.45) is 5.92 Å². The quantitative estimate of drug-likeness (QED) is 0.773. The molecular formula is C13H16ClNO2. The minimum Gasteiger partial charge on any atom is -0.384 e. The molecule has 0 spiro atoms. The first-order chi connectivity index (χ1) is 8.24. The van der Waals surface area contributed by atoms with Crippen LogP contribution in [0.15, 0.2) is 18.2 Å². The molecule has 1 heterocycles. The number of carbonyl (C=O) groups excluding carboxylic acids is 1. The van der Waals surface area contributed by atoms with E-state index in [4.69, 9.17) is 16.3 Å². The fourth-order valence-electron chi connectivity index (χ4n) is 2.25. The van der Waals surface area contributed by atoms with Crippen molar-refractivity contribution in [1.29, 1.82) is 0 Å². The predicted octanol–water partition coefficient (Wildman–Crippen LogP) is 2.63. The van der Waals surface area contributed by atoms with Gasteiger partial charge in [0.2, 0.25) is 0 Å². The summed E-state index contributed by atoms with van der Waals surface area (Å²) < 4.78 is 5.17. The summed E-state index contributed by atoms with van der Waals surface area (Å²) in [4.78, 5) is 13.0. The first-order valence-corrected chi connectivity index (χ1v) is 6.11. The fourth-order valence-corrected chi connectivity index (χ4v) is 2.47. The minimum absolute atomic E-state index is 0.521. The van der Waals surface area contributed by atoms with Crippen molar-refractivity contribution < 1.29 is 9.53 Å². The molecule has 0 saturated carbocycles. The molecule has 1 aromatic rings. The molecule has 0 N–H and O–H groups in total. The van der Waals surface area contributed by atoms with E-state index in [0.29, 0.717) is 16.5 Å². The second-order valence-electron chi connectivity index (χ2n) is 4.38. The third-order valence-corrected chi connectivity index (χ3v) is 3.49. The summed E-state index contributed by atoms with van der Waals surface area (Å²) in [6.07, 6.45) is 1.92. The molecule has 17 heavy (non-hydrogen) atoms. The van der Waals surface area contributed by atoms with E-state index >= 15 is 0 Å². The molecule has 92 valence electrons. The van der Waals surface area contributed by atoms with Crippen LogP contribution in [-0.4, -0.2) is 33.1 Å². The maximum absolute atomic E-state index is 10.7. The molecule has 3 nitrogen and oxygen atoms in total.